The molecule has 1 fully saturated rings. The summed E-state index contributed by atoms with van der Waals surface area (Å²) in [6, 6.07) is -5.04. The van der Waals surface area contributed by atoms with Gasteiger partial charge in [0.2, 0.25) is 23.5 Å². The third-order valence-electron chi connectivity index (χ3n) is 5.99. The van der Waals surface area contributed by atoms with Gasteiger partial charge in [0.15, 0.2) is 0 Å². The van der Waals surface area contributed by atoms with Crippen LogP contribution < -0.4 is 16.0 Å². The lowest BCUT2D eigenvalue weighted by Crippen LogP contribution is -2.63. The van der Waals surface area contributed by atoms with Crippen molar-refractivity contribution in [3.8, 4) is 0 Å². The number of ketones is 1. The molecule has 1 aliphatic heterocycles. The van der Waals surface area contributed by atoms with Crippen LogP contribution >= 0.6 is 0 Å². The molecular weight excluding hydrogens is 511 g/mol. The maximum atomic E-state index is 13.5. The Kier molecular flexibility index (Phi) is 10.4. The van der Waals surface area contributed by atoms with Crippen molar-refractivity contribution >= 4 is 29.6 Å². The number of carboxylic acid groups (broad SMARTS) is 1. The standard InChI is InChI=1S/C22H33F5N4O6/c1-20(2,3)15(30-19(36)37)18(35)31-9-7-11(22(25,26)27)10-13(31)16(33)29-12(6-8-21(4,23)24)14(32)17(34)28-5/h11-13,15,30H,6-10H2,1-5H3,(H,28,34)(H,29,33)(H,36,37)/t11-,12+,13+,15-/m1/s1. The van der Waals surface area contributed by atoms with Gasteiger partial charge in [0.05, 0.1) is 12.0 Å². The normalized spacial score (nSPS) is 20.4. The SMILES string of the molecule is CNC(=O)C(=O)[C@H](CCC(C)(F)F)NC(=O)[C@@H]1C[C@H](C(F)(F)F)CCN1C(=O)[C@@H](NC(=O)O)C(C)(C)C. The highest BCUT2D eigenvalue weighted by Crippen LogP contribution is 2.37. The highest BCUT2D eigenvalue weighted by atomic mass is 19.4. The monoisotopic (exact) mass is 544 g/mol. The molecule has 212 valence electrons. The van der Waals surface area contributed by atoms with Gasteiger partial charge >= 0.3 is 12.3 Å². The summed E-state index contributed by atoms with van der Waals surface area (Å²) in [5, 5.41) is 15.2. The first kappa shape index (κ1) is 32.0. The predicted molar refractivity (Wildman–Crippen MR) is 120 cm³/mol. The van der Waals surface area contributed by atoms with Crippen molar-refractivity contribution in [2.24, 2.45) is 11.3 Å². The van der Waals surface area contributed by atoms with Crippen LogP contribution in [-0.4, -0.2) is 83.4 Å². The van der Waals surface area contributed by atoms with E-state index in [0.717, 1.165) is 11.9 Å². The first-order valence-corrected chi connectivity index (χ1v) is 11.5. The van der Waals surface area contributed by atoms with Gasteiger partial charge in [0.25, 0.3) is 5.91 Å². The van der Waals surface area contributed by atoms with Gasteiger partial charge in [0.1, 0.15) is 12.1 Å². The van der Waals surface area contributed by atoms with Crippen molar-refractivity contribution in [3.05, 3.63) is 0 Å². The molecule has 1 aliphatic rings. The van der Waals surface area contributed by atoms with Crippen LogP contribution in [0, 0.1) is 11.3 Å². The molecule has 4 atom stereocenters. The minimum absolute atomic E-state index is 0.549. The van der Waals surface area contributed by atoms with E-state index in [4.69, 9.17) is 5.11 Å². The fourth-order valence-corrected chi connectivity index (χ4v) is 3.93. The number of carbonyl (C=O) groups excluding carboxylic acids is 4. The Labute approximate surface area is 210 Å². The van der Waals surface area contributed by atoms with Crippen molar-refractivity contribution in [1.29, 1.82) is 0 Å². The van der Waals surface area contributed by atoms with Crippen molar-refractivity contribution in [2.45, 2.75) is 83.6 Å². The van der Waals surface area contributed by atoms with Gasteiger partial charge in [-0.15, -0.1) is 0 Å². The van der Waals surface area contributed by atoms with Gasteiger partial charge in [-0.1, -0.05) is 20.8 Å². The number of piperidine rings is 1. The van der Waals surface area contributed by atoms with Crippen molar-refractivity contribution < 1.29 is 51.0 Å². The van der Waals surface area contributed by atoms with Gasteiger partial charge in [-0.3, -0.25) is 19.2 Å². The van der Waals surface area contributed by atoms with E-state index in [2.05, 4.69) is 5.32 Å². The number of hydrogen-bond acceptors (Lipinski definition) is 5. The van der Waals surface area contributed by atoms with E-state index >= 15 is 0 Å². The number of alkyl halides is 5. The van der Waals surface area contributed by atoms with E-state index in [1.165, 1.54) is 20.8 Å². The zero-order valence-electron chi connectivity index (χ0n) is 21.2. The van der Waals surface area contributed by atoms with Crippen LogP contribution in [0.3, 0.4) is 0 Å². The van der Waals surface area contributed by atoms with E-state index < -0.39 is 103 Å². The quantitative estimate of drug-likeness (QED) is 0.258. The smallest absolute Gasteiger partial charge is 0.405 e. The van der Waals surface area contributed by atoms with Gasteiger partial charge in [-0.05, 0) is 31.6 Å². The minimum Gasteiger partial charge on any atom is -0.465 e. The van der Waals surface area contributed by atoms with E-state index in [-0.39, 0.29) is 0 Å². The number of likely N-dealkylation sites (tertiary alicyclic amines) is 1. The topological polar surface area (TPSA) is 145 Å². The fraction of sp³-hybridized carbons (Fsp3) is 0.773. The highest BCUT2D eigenvalue weighted by molar-refractivity contribution is 6.38. The molecule has 1 heterocycles. The summed E-state index contributed by atoms with van der Waals surface area (Å²) in [7, 11) is 1.09. The number of hydrogen-bond donors (Lipinski definition) is 4. The van der Waals surface area contributed by atoms with Crippen molar-refractivity contribution in [2.75, 3.05) is 13.6 Å². The van der Waals surface area contributed by atoms with E-state index in [1.807, 2.05) is 10.6 Å². The Balaban J connectivity index is 3.37. The molecule has 4 N–H and O–H groups in total. The summed E-state index contributed by atoms with van der Waals surface area (Å²) in [5.41, 5.74) is -1.04. The molecule has 10 nitrogen and oxygen atoms in total. The molecule has 0 bridgehead atoms. The molecule has 0 unspecified atom stereocenters. The summed E-state index contributed by atoms with van der Waals surface area (Å²) in [6.45, 7) is 4.51. The van der Waals surface area contributed by atoms with Gasteiger partial charge in [0, 0.05) is 20.0 Å². The fourth-order valence-electron chi connectivity index (χ4n) is 3.93. The first-order valence-electron chi connectivity index (χ1n) is 11.5. The molecule has 1 saturated heterocycles. The predicted octanol–water partition coefficient (Wildman–Crippen LogP) is 2.07. The zero-order valence-corrected chi connectivity index (χ0v) is 21.2. The third-order valence-corrected chi connectivity index (χ3v) is 5.99. The molecule has 0 aromatic carbocycles. The van der Waals surface area contributed by atoms with E-state index in [0.29, 0.717) is 6.92 Å². The van der Waals surface area contributed by atoms with Crippen LogP contribution in [-0.2, 0) is 19.2 Å². The van der Waals surface area contributed by atoms with Crippen LogP contribution in [0.15, 0.2) is 0 Å². The van der Waals surface area contributed by atoms with Crippen LogP contribution in [0.1, 0.15) is 53.4 Å². The molecule has 37 heavy (non-hydrogen) atoms. The van der Waals surface area contributed by atoms with Crippen LogP contribution in [0.25, 0.3) is 0 Å². The number of amides is 4. The number of carbonyl (C=O) groups is 5. The minimum atomic E-state index is -4.72. The Morgan fingerprint density at radius 2 is 1.57 bits per heavy atom. The number of likely N-dealkylation sites (N-methyl/N-ethyl adjacent to an activating group) is 1. The summed E-state index contributed by atoms with van der Waals surface area (Å²) < 4.78 is 67.4. The summed E-state index contributed by atoms with van der Waals surface area (Å²) in [6.07, 6.45) is -9.39. The van der Waals surface area contributed by atoms with Gasteiger partial charge in [-0.25, -0.2) is 13.6 Å². The molecule has 0 aromatic rings. The van der Waals surface area contributed by atoms with E-state index in [9.17, 15) is 45.9 Å². The Bertz CT molecular complexity index is 884. The Morgan fingerprint density at radius 3 is 2.00 bits per heavy atom. The summed E-state index contributed by atoms with van der Waals surface area (Å²) >= 11 is 0. The second-order valence-electron chi connectivity index (χ2n) is 10.2. The number of nitrogens with zero attached hydrogens (tertiary/aromatic N) is 1. The average Bonchev–Trinajstić information content (AvgIpc) is 2.76. The highest BCUT2D eigenvalue weighted by Gasteiger charge is 2.49. The average molecular weight is 545 g/mol. The van der Waals surface area contributed by atoms with Crippen molar-refractivity contribution in [3.63, 3.8) is 0 Å². The van der Waals surface area contributed by atoms with E-state index in [1.54, 1.807) is 0 Å². The molecule has 0 aromatic heterocycles. The molecule has 0 saturated carbocycles. The molecule has 4 amide bonds. The van der Waals surface area contributed by atoms with Crippen LogP contribution in [0.2, 0.25) is 0 Å². The molecule has 0 spiro atoms. The number of Topliss-reactive ketones (excluding diaryl/α,β-unsaturated/α-hetero) is 1. The lowest BCUT2D eigenvalue weighted by Gasteiger charge is -2.42. The van der Waals surface area contributed by atoms with Crippen molar-refractivity contribution in [1.82, 2.24) is 20.9 Å². The van der Waals surface area contributed by atoms with Gasteiger partial charge in [-0.2, -0.15) is 13.2 Å². The molecule has 0 radical (unpaired) electrons. The zero-order chi connectivity index (χ0) is 28.9. The summed E-state index contributed by atoms with van der Waals surface area (Å²) in [4.78, 5) is 62.7. The van der Waals surface area contributed by atoms with Crippen LogP contribution in [0.4, 0.5) is 26.7 Å². The molecule has 15 heteroatoms. The maximum absolute atomic E-state index is 13.5. The molecular formula is C22H33F5N4O6. The van der Waals surface area contributed by atoms with Gasteiger partial charge < -0.3 is 26.0 Å². The number of nitrogens with one attached hydrogen (secondary N) is 3. The largest absolute Gasteiger partial charge is 0.465 e. The Morgan fingerprint density at radius 1 is 1.00 bits per heavy atom. The first-order chi connectivity index (χ1) is 16.7. The number of halogens is 5. The lowest BCUT2D eigenvalue weighted by atomic mass is 9.83. The third kappa shape index (κ3) is 9.43. The maximum Gasteiger partial charge on any atom is 0.405 e. The van der Waals surface area contributed by atoms with Crippen LogP contribution in [0.5, 0.6) is 0 Å². The lowest BCUT2D eigenvalue weighted by molar-refractivity contribution is -0.193. The number of rotatable bonds is 9. The Hall–Kier alpha value is -3.00. The second-order valence-corrected chi connectivity index (χ2v) is 10.2. The summed E-state index contributed by atoms with van der Waals surface area (Å²) in [5.74, 6) is -10.0. The molecule has 0 aliphatic carbocycles. The second kappa shape index (κ2) is 12.0. The molecule has 1 rings (SSSR count).